The van der Waals surface area contributed by atoms with E-state index in [1.54, 1.807) is 7.11 Å². The van der Waals surface area contributed by atoms with Crippen LogP contribution in [0, 0.1) is 26.6 Å². The molecule has 0 heterocycles. The highest BCUT2D eigenvalue weighted by molar-refractivity contribution is 9.10. The smallest absolute Gasteiger partial charge is 0.123 e. The Morgan fingerprint density at radius 2 is 0.570 bits per heavy atom. The Labute approximate surface area is 586 Å². The molecule has 0 saturated carbocycles. The van der Waals surface area contributed by atoms with Crippen molar-refractivity contribution in [2.45, 2.75) is 218 Å². The van der Waals surface area contributed by atoms with Crippen LogP contribution in [-0.2, 0) is 0 Å². The third-order valence-electron chi connectivity index (χ3n) is 15.6. The van der Waals surface area contributed by atoms with Gasteiger partial charge in [0.25, 0.3) is 0 Å². The van der Waals surface area contributed by atoms with Gasteiger partial charge in [-0.15, -0.1) is 0 Å². The van der Waals surface area contributed by atoms with E-state index < -0.39 is 0 Å². The Balaban J connectivity index is 0.000000524. The summed E-state index contributed by atoms with van der Waals surface area (Å²) >= 11 is 14.9. The fourth-order valence-corrected chi connectivity index (χ4v) is 9.34. The van der Waals surface area contributed by atoms with Gasteiger partial charge in [-0.1, -0.05) is 341 Å². The molecular weight excluding hydrogens is 1240 g/mol. The molecule has 9 rings (SSSR count). The molecule has 0 fully saturated rings. The highest BCUT2D eigenvalue weighted by Crippen LogP contribution is 2.24. The summed E-state index contributed by atoms with van der Waals surface area (Å²) in [5, 5.41) is 1.63. The van der Waals surface area contributed by atoms with Gasteiger partial charge in [0.05, 0.1) is 7.11 Å². The van der Waals surface area contributed by atoms with Gasteiger partial charge in [0.2, 0.25) is 0 Å². The number of ether oxygens (including phenoxy) is 1. The van der Waals surface area contributed by atoms with E-state index in [0.29, 0.717) is 59.2 Å². The molecule has 0 spiro atoms. The van der Waals surface area contributed by atoms with Crippen molar-refractivity contribution >= 4 is 39.1 Å². The summed E-state index contributed by atoms with van der Waals surface area (Å²) in [6.07, 6.45) is 0. The second-order valence-electron chi connectivity index (χ2n) is 26.9. The molecule has 0 radical (unpaired) electrons. The number of hydrogen-bond acceptors (Lipinski definition) is 1. The molecule has 0 saturated heterocycles. The van der Waals surface area contributed by atoms with Crippen LogP contribution in [0.15, 0.2) is 223 Å². The molecule has 9 aromatic carbocycles. The van der Waals surface area contributed by atoms with Gasteiger partial charge < -0.3 is 4.74 Å². The van der Waals surface area contributed by atoms with Crippen molar-refractivity contribution in [3.05, 3.63) is 311 Å². The minimum absolute atomic E-state index is 0.163. The van der Waals surface area contributed by atoms with Crippen molar-refractivity contribution in [1.29, 1.82) is 0 Å². The topological polar surface area (TPSA) is 9.23 Å². The Bertz CT molecular complexity index is 3130. The summed E-state index contributed by atoms with van der Waals surface area (Å²) in [7, 11) is 1.68. The van der Waals surface area contributed by atoms with Gasteiger partial charge in [-0.3, -0.25) is 0 Å². The predicted octanol–water partition coefficient (Wildman–Crippen LogP) is 29.6. The maximum atomic E-state index is 12.4. The van der Waals surface area contributed by atoms with Gasteiger partial charge >= 0.3 is 0 Å². The second-order valence-corrected chi connectivity index (χ2v) is 28.7. The van der Waals surface area contributed by atoms with Gasteiger partial charge in [0.1, 0.15) is 11.6 Å². The number of aryl methyl sites for hydroxylation is 3. The lowest BCUT2D eigenvalue weighted by Crippen LogP contribution is -1.90. The Hall–Kier alpha value is -6.23. The van der Waals surface area contributed by atoms with Crippen LogP contribution in [0.3, 0.4) is 0 Å². The summed E-state index contributed by atoms with van der Waals surface area (Å²) in [4.78, 5) is 0. The van der Waals surface area contributed by atoms with Crippen molar-refractivity contribution in [3.63, 3.8) is 0 Å². The third-order valence-corrected chi connectivity index (χ3v) is 16.5. The van der Waals surface area contributed by atoms with E-state index >= 15 is 0 Å². The Morgan fingerprint density at radius 3 is 0.882 bits per heavy atom. The number of benzene rings is 9. The SMILES string of the molecule is CC(C)c1ccc(C(C)C)cc1.CC(C)c1ccc(Cl)cc1.CC(C)c1ccc(F)cc1.CC(C)c1cccc(Br)c1.CC(C)c1cccc(Cl)c1.CC(C)c1ccccc1.COc1ccc(C(C)C)cc1.Cc1ccc(C(C)C)cc1.Cc1ccc(C(C)C)cc1C. The zero-order valence-corrected chi connectivity index (χ0v) is 64.6. The van der Waals surface area contributed by atoms with Gasteiger partial charge in [-0.25, -0.2) is 4.39 Å². The molecule has 0 amide bonds. The van der Waals surface area contributed by atoms with Crippen molar-refractivity contribution in [2.75, 3.05) is 7.11 Å². The van der Waals surface area contributed by atoms with Crippen molar-refractivity contribution < 1.29 is 9.13 Å². The monoisotopic (exact) mass is 1360 g/mol. The average Bonchev–Trinajstić information content (AvgIpc) is 3.25. The van der Waals surface area contributed by atoms with Gasteiger partial charge in [-0.05, 0) is 207 Å². The van der Waals surface area contributed by atoms with Crippen molar-refractivity contribution in [2.24, 2.45) is 0 Å². The summed E-state index contributed by atoms with van der Waals surface area (Å²) < 4.78 is 18.6. The fraction of sp³-hybridized carbons (Fsp3) is 0.386. The molecule has 0 N–H and O–H groups in total. The fourth-order valence-electron chi connectivity index (χ4n) is 8.59. The van der Waals surface area contributed by atoms with E-state index in [-0.39, 0.29) is 5.82 Å². The van der Waals surface area contributed by atoms with Crippen LogP contribution < -0.4 is 4.74 Å². The van der Waals surface area contributed by atoms with Gasteiger partial charge in [0.15, 0.2) is 0 Å². The molecule has 0 aromatic heterocycles. The lowest BCUT2D eigenvalue weighted by Gasteiger charge is -2.08. The molecule has 93 heavy (non-hydrogen) atoms. The zero-order valence-electron chi connectivity index (χ0n) is 61.5. The molecule has 0 bridgehead atoms. The summed E-state index contributed by atoms with van der Waals surface area (Å²) in [6, 6.07) is 74.1. The first kappa shape index (κ1) is 84.8. The number of rotatable bonds is 11. The molecular formula is C88H118BrCl2FO. The van der Waals surface area contributed by atoms with Crippen LogP contribution in [0.4, 0.5) is 4.39 Å². The van der Waals surface area contributed by atoms with Crippen LogP contribution in [0.1, 0.15) is 270 Å². The molecule has 0 unspecified atom stereocenters. The molecule has 0 aliphatic carbocycles. The number of halogens is 4. The van der Waals surface area contributed by atoms with Crippen molar-refractivity contribution in [3.8, 4) is 5.75 Å². The normalized spacial score (nSPS) is 10.5. The average molecular weight is 1360 g/mol. The van der Waals surface area contributed by atoms with Crippen LogP contribution in [0.5, 0.6) is 5.75 Å². The van der Waals surface area contributed by atoms with E-state index in [1.165, 1.54) is 88.9 Å². The molecule has 1 nitrogen and oxygen atoms in total. The summed E-state index contributed by atoms with van der Waals surface area (Å²) in [5.74, 6) is 6.88. The third kappa shape index (κ3) is 37.5. The standard InChI is InChI=1S/C12H18.C11H16.C10H14O.C10H14.C9H11Br.2C9H11Cl.C9H11F.C9H12/c1-9(2)11-5-7-12(8-6-11)10(3)4;1-8(2)11-6-5-9(3)10(4)7-11;1-8(2)9-4-6-10(11-3)7-5-9;1-8(2)10-6-4-9(3)5-7-10;1-7(2)8-4-3-5-9(10)6-8;1-7(2)8-3-5-9(10)6-4-8;1-7(2)8-4-3-5-9(10)6-8;1-7(2)8-3-5-9(10)6-4-8;1-8(2)9-6-4-3-5-7-9/h5-10H,1-4H3;5-8H,1-4H3;4-8H,1-3H3;4-8H,1-3H3;4*3-7H,1-2H3;3-8H,1-2H3. The van der Waals surface area contributed by atoms with E-state index in [0.717, 1.165) is 15.8 Å². The van der Waals surface area contributed by atoms with E-state index in [9.17, 15) is 4.39 Å². The van der Waals surface area contributed by atoms with Crippen LogP contribution in [0.25, 0.3) is 0 Å². The van der Waals surface area contributed by atoms with E-state index in [2.05, 4.69) is 315 Å². The Morgan fingerprint density at radius 1 is 0.280 bits per heavy atom. The largest absolute Gasteiger partial charge is 0.497 e. The van der Waals surface area contributed by atoms with Crippen LogP contribution in [-0.4, -0.2) is 7.11 Å². The first-order valence-electron chi connectivity index (χ1n) is 33.7. The molecule has 9 aromatic rings. The molecule has 5 heteroatoms. The van der Waals surface area contributed by atoms with E-state index in [1.807, 2.05) is 66.7 Å². The zero-order chi connectivity index (χ0) is 70.3. The minimum Gasteiger partial charge on any atom is -0.497 e. The second kappa shape index (κ2) is 46.8. The number of methoxy groups -OCH3 is 1. The maximum absolute atomic E-state index is 12.4. The van der Waals surface area contributed by atoms with Gasteiger partial charge in [-0.2, -0.15) is 0 Å². The first-order valence-corrected chi connectivity index (χ1v) is 35.2. The highest BCUT2D eigenvalue weighted by Gasteiger charge is 2.04. The lowest BCUT2D eigenvalue weighted by atomic mass is 9.97. The summed E-state index contributed by atoms with van der Waals surface area (Å²) in [6.45, 7) is 50.2. The minimum atomic E-state index is -0.163. The molecule has 0 atom stereocenters. The maximum Gasteiger partial charge on any atom is 0.123 e. The summed E-state index contributed by atoms with van der Waals surface area (Å²) in [5.41, 5.74) is 17.8. The van der Waals surface area contributed by atoms with Gasteiger partial charge in [0, 0.05) is 14.5 Å². The van der Waals surface area contributed by atoms with Crippen LogP contribution >= 0.6 is 39.1 Å². The highest BCUT2D eigenvalue weighted by atomic mass is 79.9. The van der Waals surface area contributed by atoms with Crippen molar-refractivity contribution in [1.82, 2.24) is 0 Å². The quantitative estimate of drug-likeness (QED) is 0.125. The molecule has 0 aliphatic heterocycles. The predicted molar refractivity (Wildman–Crippen MR) is 417 cm³/mol. The molecule has 0 aliphatic rings. The number of hydrogen-bond donors (Lipinski definition) is 0. The Kier molecular flexibility index (Phi) is 42.7. The molecule has 504 valence electrons. The van der Waals surface area contributed by atoms with E-state index in [4.69, 9.17) is 27.9 Å². The lowest BCUT2D eigenvalue weighted by molar-refractivity contribution is 0.414. The first-order chi connectivity index (χ1) is 43.8. The van der Waals surface area contributed by atoms with Crippen LogP contribution in [0.2, 0.25) is 10.0 Å².